The minimum Gasteiger partial charge on any atom is -0.312 e. The van der Waals surface area contributed by atoms with E-state index in [9.17, 15) is 9.59 Å². The van der Waals surface area contributed by atoms with E-state index in [-0.39, 0.29) is 17.7 Å². The van der Waals surface area contributed by atoms with Crippen LogP contribution in [0, 0.1) is 6.92 Å². The minimum absolute atomic E-state index is 0.0274. The van der Waals surface area contributed by atoms with Gasteiger partial charge < -0.3 is 4.90 Å². The number of anilines is 2. The first kappa shape index (κ1) is 18.8. The smallest absolute Gasteiger partial charge is 0.258 e. The van der Waals surface area contributed by atoms with Crippen molar-refractivity contribution in [2.24, 2.45) is 0 Å². The quantitative estimate of drug-likeness (QED) is 0.631. The monoisotopic (exact) mass is 456 g/mol. The third-order valence-corrected chi connectivity index (χ3v) is 6.29. The Morgan fingerprint density at radius 2 is 1.93 bits per heavy atom. The highest BCUT2D eigenvalue weighted by atomic mass is 79.9. The van der Waals surface area contributed by atoms with Gasteiger partial charge in [-0.2, -0.15) is 0 Å². The number of nitrogens with zero attached hydrogens (tertiary/aromatic N) is 3. The number of nitrogens with one attached hydrogen (secondary N) is 1. The molecule has 0 aliphatic carbocycles. The van der Waals surface area contributed by atoms with Crippen LogP contribution in [0.5, 0.6) is 0 Å². The first-order valence-electron chi connectivity index (χ1n) is 8.77. The van der Waals surface area contributed by atoms with Crippen molar-refractivity contribution in [2.75, 3.05) is 16.8 Å². The van der Waals surface area contributed by atoms with E-state index >= 15 is 0 Å². The first-order chi connectivity index (χ1) is 13.5. The van der Waals surface area contributed by atoms with Crippen LogP contribution in [0.1, 0.15) is 33.3 Å². The Morgan fingerprint density at radius 1 is 1.18 bits per heavy atom. The van der Waals surface area contributed by atoms with E-state index in [1.54, 1.807) is 17.0 Å². The molecular formula is C20H17BrN4O2S. The zero-order chi connectivity index (χ0) is 19.7. The van der Waals surface area contributed by atoms with Gasteiger partial charge in [-0.05, 0) is 47.1 Å². The molecule has 0 saturated carbocycles. The van der Waals surface area contributed by atoms with Gasteiger partial charge in [-0.1, -0.05) is 41.2 Å². The highest BCUT2D eigenvalue weighted by molar-refractivity contribution is 9.10. The minimum atomic E-state index is -0.251. The van der Waals surface area contributed by atoms with Gasteiger partial charge in [0.25, 0.3) is 5.91 Å². The zero-order valence-corrected chi connectivity index (χ0v) is 17.5. The van der Waals surface area contributed by atoms with Crippen LogP contribution in [0.3, 0.4) is 0 Å². The summed E-state index contributed by atoms with van der Waals surface area (Å²) in [4.78, 5) is 26.7. The molecule has 142 valence electrons. The number of carbonyl (C=O) groups excluding carboxylic acids is 2. The van der Waals surface area contributed by atoms with Gasteiger partial charge in [0.2, 0.25) is 11.0 Å². The van der Waals surface area contributed by atoms with Crippen molar-refractivity contribution in [2.45, 2.75) is 19.3 Å². The molecule has 1 aliphatic heterocycles. The summed E-state index contributed by atoms with van der Waals surface area (Å²) in [5.74, 6) is -0.206. The zero-order valence-electron chi connectivity index (χ0n) is 15.1. The Morgan fingerprint density at radius 3 is 2.68 bits per heavy atom. The van der Waals surface area contributed by atoms with E-state index in [2.05, 4.69) is 31.4 Å². The Bertz CT molecular complexity index is 1030. The Kier molecular flexibility index (Phi) is 5.23. The summed E-state index contributed by atoms with van der Waals surface area (Å²) in [5, 5.41) is 12.3. The van der Waals surface area contributed by atoms with Crippen LogP contribution in [0.25, 0.3) is 0 Å². The molecule has 1 saturated heterocycles. The summed E-state index contributed by atoms with van der Waals surface area (Å²) in [6, 6.07) is 15.1. The predicted octanol–water partition coefficient (Wildman–Crippen LogP) is 4.38. The number of amides is 2. The van der Waals surface area contributed by atoms with Crippen molar-refractivity contribution in [3.05, 3.63) is 69.1 Å². The Hall–Kier alpha value is -2.58. The molecule has 1 aliphatic rings. The van der Waals surface area contributed by atoms with Gasteiger partial charge in [-0.15, -0.1) is 10.2 Å². The molecule has 28 heavy (non-hydrogen) atoms. The number of aryl methyl sites for hydroxylation is 1. The maximum Gasteiger partial charge on any atom is 0.258 e. The van der Waals surface area contributed by atoms with E-state index in [0.29, 0.717) is 28.1 Å². The van der Waals surface area contributed by atoms with Gasteiger partial charge in [0.1, 0.15) is 5.01 Å². The molecule has 8 heteroatoms. The average molecular weight is 457 g/mol. The van der Waals surface area contributed by atoms with Crippen molar-refractivity contribution in [1.29, 1.82) is 0 Å². The fraction of sp³-hybridized carbons (Fsp3) is 0.200. The van der Waals surface area contributed by atoms with Crippen LogP contribution in [0.15, 0.2) is 53.0 Å². The Labute approximate surface area is 174 Å². The second-order valence-corrected chi connectivity index (χ2v) is 8.48. The maximum atomic E-state index is 12.5. The van der Waals surface area contributed by atoms with Gasteiger partial charge in [-0.3, -0.25) is 14.9 Å². The van der Waals surface area contributed by atoms with Crippen LogP contribution in [0.2, 0.25) is 0 Å². The number of carbonyl (C=O) groups is 2. The molecule has 0 bridgehead atoms. The standard InChI is InChI=1S/C20H17BrN4O2S/c1-12-6-8-14(9-7-12)25-11-13(10-17(25)26)19-23-24-20(28-19)22-18(27)15-4-2-3-5-16(15)21/h2-9,13H,10-11H2,1H3,(H,22,24,27)/t13-/m0/s1. The molecule has 1 atom stereocenters. The fourth-order valence-electron chi connectivity index (χ4n) is 3.11. The number of halogens is 1. The second kappa shape index (κ2) is 7.81. The lowest BCUT2D eigenvalue weighted by Gasteiger charge is -2.16. The van der Waals surface area contributed by atoms with Gasteiger partial charge in [0.05, 0.1) is 5.56 Å². The summed E-state index contributed by atoms with van der Waals surface area (Å²) in [6.07, 6.45) is 0.390. The molecule has 0 spiro atoms. The lowest BCUT2D eigenvalue weighted by Crippen LogP contribution is -2.24. The van der Waals surface area contributed by atoms with Crippen molar-refractivity contribution in [1.82, 2.24) is 10.2 Å². The lowest BCUT2D eigenvalue weighted by atomic mass is 10.1. The van der Waals surface area contributed by atoms with Gasteiger partial charge in [0.15, 0.2) is 0 Å². The molecule has 0 radical (unpaired) electrons. The van der Waals surface area contributed by atoms with Crippen LogP contribution >= 0.6 is 27.3 Å². The van der Waals surface area contributed by atoms with E-state index < -0.39 is 0 Å². The number of rotatable bonds is 4. The van der Waals surface area contributed by atoms with Crippen LogP contribution in [-0.2, 0) is 4.79 Å². The number of benzene rings is 2. The van der Waals surface area contributed by atoms with Crippen LogP contribution < -0.4 is 10.2 Å². The summed E-state index contributed by atoms with van der Waals surface area (Å²) in [5.41, 5.74) is 2.58. The summed E-state index contributed by atoms with van der Waals surface area (Å²) in [6.45, 7) is 2.58. The van der Waals surface area contributed by atoms with Crippen molar-refractivity contribution >= 4 is 49.9 Å². The molecule has 2 aromatic carbocycles. The average Bonchev–Trinajstić information content (AvgIpc) is 3.29. The third kappa shape index (κ3) is 3.83. The van der Waals surface area contributed by atoms with Crippen LogP contribution in [0.4, 0.5) is 10.8 Å². The predicted molar refractivity (Wildman–Crippen MR) is 113 cm³/mol. The van der Waals surface area contributed by atoms with E-state index in [4.69, 9.17) is 0 Å². The normalized spacial score (nSPS) is 16.4. The first-order valence-corrected chi connectivity index (χ1v) is 10.4. The number of hydrogen-bond acceptors (Lipinski definition) is 5. The molecule has 1 fully saturated rings. The van der Waals surface area contributed by atoms with Gasteiger partial charge in [-0.25, -0.2) is 0 Å². The Balaban J connectivity index is 1.46. The third-order valence-electron chi connectivity index (χ3n) is 4.60. The highest BCUT2D eigenvalue weighted by Gasteiger charge is 2.34. The van der Waals surface area contributed by atoms with E-state index in [1.807, 2.05) is 43.3 Å². The second-order valence-electron chi connectivity index (χ2n) is 6.62. The lowest BCUT2D eigenvalue weighted by molar-refractivity contribution is -0.117. The van der Waals surface area contributed by atoms with E-state index in [0.717, 1.165) is 16.3 Å². The maximum absolute atomic E-state index is 12.5. The molecule has 2 heterocycles. The molecular weight excluding hydrogens is 440 g/mol. The molecule has 1 aromatic heterocycles. The van der Waals surface area contributed by atoms with Gasteiger partial charge >= 0.3 is 0 Å². The molecule has 0 unspecified atom stereocenters. The molecule has 1 N–H and O–H groups in total. The number of hydrogen-bond donors (Lipinski definition) is 1. The van der Waals surface area contributed by atoms with E-state index in [1.165, 1.54) is 11.3 Å². The van der Waals surface area contributed by atoms with Crippen molar-refractivity contribution < 1.29 is 9.59 Å². The van der Waals surface area contributed by atoms with Crippen molar-refractivity contribution in [3.8, 4) is 0 Å². The summed E-state index contributed by atoms with van der Waals surface area (Å²) < 4.78 is 0.715. The largest absolute Gasteiger partial charge is 0.312 e. The number of aromatic nitrogens is 2. The van der Waals surface area contributed by atoms with Gasteiger partial charge in [0, 0.05) is 29.0 Å². The summed E-state index contributed by atoms with van der Waals surface area (Å²) >= 11 is 4.68. The molecule has 2 amide bonds. The van der Waals surface area contributed by atoms with Crippen molar-refractivity contribution in [3.63, 3.8) is 0 Å². The fourth-order valence-corrected chi connectivity index (χ4v) is 4.40. The molecule has 4 rings (SSSR count). The SMILES string of the molecule is Cc1ccc(N2C[C@@H](c3nnc(NC(=O)c4ccccc4Br)s3)CC2=O)cc1. The highest BCUT2D eigenvalue weighted by Crippen LogP contribution is 2.34. The van der Waals surface area contributed by atoms with Crippen LogP contribution in [-0.4, -0.2) is 28.6 Å². The molecule has 6 nitrogen and oxygen atoms in total. The topological polar surface area (TPSA) is 75.2 Å². The summed E-state index contributed by atoms with van der Waals surface area (Å²) in [7, 11) is 0. The molecule has 3 aromatic rings.